The SMILES string of the molecule is CC(C)C1CCN(c2cccnc2/C(N)=N/O)C1. The van der Waals surface area contributed by atoms with E-state index in [4.69, 9.17) is 10.9 Å². The molecule has 0 saturated carbocycles. The molecule has 1 aliphatic heterocycles. The zero-order valence-corrected chi connectivity index (χ0v) is 10.9. The molecule has 0 spiro atoms. The van der Waals surface area contributed by atoms with Gasteiger partial charge in [0.2, 0.25) is 0 Å². The van der Waals surface area contributed by atoms with Gasteiger partial charge in [-0.1, -0.05) is 19.0 Å². The van der Waals surface area contributed by atoms with Crippen molar-refractivity contribution in [1.29, 1.82) is 0 Å². The van der Waals surface area contributed by atoms with Crippen LogP contribution in [0.4, 0.5) is 5.69 Å². The minimum absolute atomic E-state index is 0.0681. The molecule has 5 heteroatoms. The van der Waals surface area contributed by atoms with Crippen molar-refractivity contribution in [3.05, 3.63) is 24.0 Å². The Morgan fingerprint density at radius 1 is 1.61 bits per heavy atom. The summed E-state index contributed by atoms with van der Waals surface area (Å²) in [5.74, 6) is 1.45. The summed E-state index contributed by atoms with van der Waals surface area (Å²) in [7, 11) is 0. The van der Waals surface area contributed by atoms with Gasteiger partial charge >= 0.3 is 0 Å². The van der Waals surface area contributed by atoms with Crippen molar-refractivity contribution in [3.63, 3.8) is 0 Å². The summed E-state index contributed by atoms with van der Waals surface area (Å²) in [6.45, 7) is 6.51. The van der Waals surface area contributed by atoms with E-state index in [1.807, 2.05) is 12.1 Å². The Morgan fingerprint density at radius 3 is 3.00 bits per heavy atom. The largest absolute Gasteiger partial charge is 0.409 e. The average Bonchev–Trinajstić information content (AvgIpc) is 2.87. The number of rotatable bonds is 3. The quantitative estimate of drug-likeness (QED) is 0.369. The fraction of sp³-hybridized carbons (Fsp3) is 0.538. The van der Waals surface area contributed by atoms with Crippen molar-refractivity contribution in [2.24, 2.45) is 22.7 Å². The monoisotopic (exact) mass is 248 g/mol. The Balaban J connectivity index is 2.25. The molecule has 1 unspecified atom stereocenters. The summed E-state index contributed by atoms with van der Waals surface area (Å²) >= 11 is 0. The molecule has 1 saturated heterocycles. The maximum atomic E-state index is 8.80. The smallest absolute Gasteiger partial charge is 0.190 e. The second-order valence-corrected chi connectivity index (χ2v) is 5.10. The highest BCUT2D eigenvalue weighted by Gasteiger charge is 2.27. The third kappa shape index (κ3) is 2.39. The van der Waals surface area contributed by atoms with Crippen LogP contribution in [0.1, 0.15) is 26.0 Å². The van der Waals surface area contributed by atoms with Crippen LogP contribution in [-0.4, -0.2) is 29.1 Å². The lowest BCUT2D eigenvalue weighted by Gasteiger charge is -2.21. The van der Waals surface area contributed by atoms with E-state index < -0.39 is 0 Å². The van der Waals surface area contributed by atoms with Gasteiger partial charge in [-0.15, -0.1) is 0 Å². The van der Waals surface area contributed by atoms with Gasteiger partial charge in [0, 0.05) is 19.3 Å². The van der Waals surface area contributed by atoms with Gasteiger partial charge in [-0.2, -0.15) is 0 Å². The van der Waals surface area contributed by atoms with Crippen molar-refractivity contribution in [1.82, 2.24) is 4.98 Å². The van der Waals surface area contributed by atoms with Crippen molar-refractivity contribution in [3.8, 4) is 0 Å². The van der Waals surface area contributed by atoms with Crippen LogP contribution in [-0.2, 0) is 0 Å². The van der Waals surface area contributed by atoms with Gasteiger partial charge in [0.1, 0.15) is 5.69 Å². The van der Waals surface area contributed by atoms with E-state index in [-0.39, 0.29) is 5.84 Å². The Kier molecular flexibility index (Phi) is 3.69. The molecule has 0 amide bonds. The standard InChI is InChI=1S/C13H20N4O/c1-9(2)10-5-7-17(8-10)11-4-3-6-15-12(11)13(14)16-18/h3-4,6,9-10,18H,5,7-8H2,1-2H3,(H2,14,16). The van der Waals surface area contributed by atoms with Gasteiger partial charge in [-0.05, 0) is 30.4 Å². The van der Waals surface area contributed by atoms with Crippen LogP contribution >= 0.6 is 0 Å². The highest BCUT2D eigenvalue weighted by molar-refractivity contribution is 6.00. The Labute approximate surface area is 107 Å². The van der Waals surface area contributed by atoms with Crippen LogP contribution in [0, 0.1) is 11.8 Å². The van der Waals surface area contributed by atoms with E-state index >= 15 is 0 Å². The van der Waals surface area contributed by atoms with Gasteiger partial charge < -0.3 is 15.8 Å². The molecule has 0 bridgehead atoms. The fourth-order valence-corrected chi connectivity index (χ4v) is 2.45. The minimum Gasteiger partial charge on any atom is -0.409 e. The number of hydrogen-bond donors (Lipinski definition) is 2. The molecule has 1 aromatic heterocycles. The van der Waals surface area contributed by atoms with Crippen LogP contribution in [0.5, 0.6) is 0 Å². The highest BCUT2D eigenvalue weighted by Crippen LogP contribution is 2.29. The van der Waals surface area contributed by atoms with E-state index in [0.29, 0.717) is 17.5 Å². The van der Waals surface area contributed by atoms with Crippen molar-refractivity contribution < 1.29 is 5.21 Å². The van der Waals surface area contributed by atoms with Gasteiger partial charge in [-0.3, -0.25) is 4.98 Å². The molecular formula is C13H20N4O. The number of amidine groups is 1. The fourth-order valence-electron chi connectivity index (χ4n) is 2.45. The molecule has 1 atom stereocenters. The molecule has 1 aromatic rings. The van der Waals surface area contributed by atoms with Crippen LogP contribution < -0.4 is 10.6 Å². The second kappa shape index (κ2) is 5.25. The predicted molar refractivity (Wildman–Crippen MR) is 71.9 cm³/mol. The molecule has 5 nitrogen and oxygen atoms in total. The normalized spacial score (nSPS) is 20.7. The Bertz CT molecular complexity index is 444. The maximum absolute atomic E-state index is 8.80. The van der Waals surface area contributed by atoms with Crippen molar-refractivity contribution >= 4 is 11.5 Å². The maximum Gasteiger partial charge on any atom is 0.190 e. The van der Waals surface area contributed by atoms with E-state index in [9.17, 15) is 0 Å². The third-order valence-corrected chi connectivity index (χ3v) is 3.64. The van der Waals surface area contributed by atoms with Gasteiger partial charge in [0.05, 0.1) is 5.69 Å². The topological polar surface area (TPSA) is 74.7 Å². The summed E-state index contributed by atoms with van der Waals surface area (Å²) in [5, 5.41) is 11.9. The molecule has 1 fully saturated rings. The number of pyridine rings is 1. The summed E-state index contributed by atoms with van der Waals surface area (Å²) < 4.78 is 0. The van der Waals surface area contributed by atoms with Crippen LogP contribution in [0.2, 0.25) is 0 Å². The molecule has 98 valence electrons. The van der Waals surface area contributed by atoms with Crippen molar-refractivity contribution in [2.75, 3.05) is 18.0 Å². The number of aromatic nitrogens is 1. The lowest BCUT2D eigenvalue weighted by molar-refractivity contribution is 0.318. The van der Waals surface area contributed by atoms with E-state index in [1.165, 1.54) is 6.42 Å². The van der Waals surface area contributed by atoms with Crippen LogP contribution in [0.15, 0.2) is 23.5 Å². The Morgan fingerprint density at radius 2 is 2.39 bits per heavy atom. The molecule has 2 rings (SSSR count). The molecule has 18 heavy (non-hydrogen) atoms. The molecular weight excluding hydrogens is 228 g/mol. The molecule has 3 N–H and O–H groups in total. The van der Waals surface area contributed by atoms with Gasteiger partial charge in [-0.25, -0.2) is 0 Å². The molecule has 1 aliphatic rings. The highest BCUT2D eigenvalue weighted by atomic mass is 16.4. The van der Waals surface area contributed by atoms with Crippen LogP contribution in [0.25, 0.3) is 0 Å². The minimum atomic E-state index is 0.0681. The van der Waals surface area contributed by atoms with Gasteiger partial charge in [0.15, 0.2) is 5.84 Å². The molecule has 2 heterocycles. The first-order valence-electron chi connectivity index (χ1n) is 6.31. The number of hydrogen-bond acceptors (Lipinski definition) is 4. The first-order chi connectivity index (χ1) is 8.63. The average molecular weight is 248 g/mol. The summed E-state index contributed by atoms with van der Waals surface area (Å²) in [6, 6.07) is 3.86. The zero-order chi connectivity index (χ0) is 13.1. The lowest BCUT2D eigenvalue weighted by atomic mass is 9.95. The first-order valence-corrected chi connectivity index (χ1v) is 6.31. The summed E-state index contributed by atoms with van der Waals surface area (Å²) in [6.07, 6.45) is 2.84. The molecule has 0 aliphatic carbocycles. The first kappa shape index (κ1) is 12.7. The third-order valence-electron chi connectivity index (χ3n) is 3.64. The Hall–Kier alpha value is -1.78. The zero-order valence-electron chi connectivity index (χ0n) is 10.9. The second-order valence-electron chi connectivity index (χ2n) is 5.10. The molecule has 0 radical (unpaired) electrons. The van der Waals surface area contributed by atoms with E-state index in [0.717, 1.165) is 18.8 Å². The number of oxime groups is 1. The van der Waals surface area contributed by atoms with Crippen molar-refractivity contribution in [2.45, 2.75) is 20.3 Å². The predicted octanol–water partition coefficient (Wildman–Crippen LogP) is 1.66. The van der Waals surface area contributed by atoms with E-state index in [1.54, 1.807) is 6.20 Å². The summed E-state index contributed by atoms with van der Waals surface area (Å²) in [4.78, 5) is 6.48. The molecule has 0 aromatic carbocycles. The number of anilines is 1. The summed E-state index contributed by atoms with van der Waals surface area (Å²) in [5.41, 5.74) is 7.18. The lowest BCUT2D eigenvalue weighted by Crippen LogP contribution is -2.26. The van der Waals surface area contributed by atoms with Gasteiger partial charge in [0.25, 0.3) is 0 Å². The van der Waals surface area contributed by atoms with Crippen LogP contribution in [0.3, 0.4) is 0 Å². The number of nitrogens with zero attached hydrogens (tertiary/aromatic N) is 3. The number of nitrogens with two attached hydrogens (primary N) is 1. The van der Waals surface area contributed by atoms with E-state index in [2.05, 4.69) is 28.9 Å².